The van der Waals surface area contributed by atoms with E-state index >= 15 is 0 Å². The largest absolute Gasteiger partial charge is 0.380 e. The lowest BCUT2D eigenvalue weighted by Crippen LogP contribution is -2.23. The molecular weight excluding hydrogens is 494 g/mol. The minimum absolute atomic E-state index is 0.334. The summed E-state index contributed by atoms with van der Waals surface area (Å²) >= 11 is 0. The molecule has 4 aromatic rings. The van der Waals surface area contributed by atoms with E-state index in [0.29, 0.717) is 25.5 Å². The predicted molar refractivity (Wildman–Crippen MR) is 159 cm³/mol. The summed E-state index contributed by atoms with van der Waals surface area (Å²) < 4.78 is 34.8. The van der Waals surface area contributed by atoms with Crippen molar-refractivity contribution in [1.82, 2.24) is 0 Å². The first kappa shape index (κ1) is 27.3. The summed E-state index contributed by atoms with van der Waals surface area (Å²) in [6.45, 7) is 8.80. The van der Waals surface area contributed by atoms with Crippen LogP contribution in [0.4, 0.5) is 0 Å². The fraction of sp³-hybridized carbons (Fsp3) is 0.250. The summed E-state index contributed by atoms with van der Waals surface area (Å²) in [6.07, 6.45) is 0.803. The van der Waals surface area contributed by atoms with E-state index in [1.165, 1.54) is 0 Å². The van der Waals surface area contributed by atoms with Gasteiger partial charge in [-0.15, -0.1) is 0 Å². The van der Waals surface area contributed by atoms with Crippen molar-refractivity contribution < 1.29 is 13.9 Å². The molecule has 0 spiro atoms. The van der Waals surface area contributed by atoms with Gasteiger partial charge >= 0.3 is 0 Å². The third kappa shape index (κ3) is 6.42. The third-order valence-electron chi connectivity index (χ3n) is 6.91. The molecule has 192 valence electrons. The first-order valence-electron chi connectivity index (χ1n) is 12.8. The zero-order valence-corrected chi connectivity index (χ0v) is 24.0. The second kappa shape index (κ2) is 11.8. The van der Waals surface area contributed by atoms with Crippen molar-refractivity contribution in [2.24, 2.45) is 0 Å². The Hall–Kier alpha value is -2.70. The fourth-order valence-electron chi connectivity index (χ4n) is 4.45. The normalized spacial score (nSPS) is 12.0. The van der Waals surface area contributed by atoms with Gasteiger partial charge in [-0.05, 0) is 27.7 Å². The highest BCUT2D eigenvalue weighted by Crippen LogP contribution is 2.44. The molecule has 0 fully saturated rings. The number of hydrogen-bond donors (Lipinski definition) is 0. The molecule has 0 aliphatic heterocycles. The maximum absolute atomic E-state index is 14.4. The molecular formula is C32H36O3P2. The Kier molecular flexibility index (Phi) is 8.71. The zero-order chi connectivity index (χ0) is 26.5. The summed E-state index contributed by atoms with van der Waals surface area (Å²) in [4.78, 5) is 0. The summed E-state index contributed by atoms with van der Waals surface area (Å²) in [5.74, 6) is 0. The van der Waals surface area contributed by atoms with Crippen LogP contribution in [-0.2, 0) is 13.9 Å². The Morgan fingerprint density at radius 1 is 0.432 bits per heavy atom. The molecule has 0 aliphatic rings. The maximum Gasteiger partial charge on any atom is 0.145 e. The molecule has 0 unspecified atom stereocenters. The standard InChI is InChI=1S/C32H36O3P2/c1-25-5-13-29(14-6-25)36(33,30-15-7-26(2)8-16-30)23-21-35-22-24-37(34,31-17-9-27(3)10-18-31)32-19-11-28(4)12-20-32/h5-20H,21-24H2,1-4H3. The average molecular weight is 531 g/mol. The van der Waals surface area contributed by atoms with E-state index in [1.807, 2.05) is 125 Å². The second-order valence-electron chi connectivity index (χ2n) is 9.88. The SMILES string of the molecule is Cc1ccc(P(=O)(CCOCCP(=O)(c2ccc(C)cc2)c2ccc(C)cc2)c2ccc(C)cc2)cc1. The van der Waals surface area contributed by atoms with Crippen molar-refractivity contribution >= 4 is 35.5 Å². The van der Waals surface area contributed by atoms with Crippen molar-refractivity contribution in [3.8, 4) is 0 Å². The molecule has 0 bridgehead atoms. The molecule has 0 radical (unpaired) electrons. The van der Waals surface area contributed by atoms with Crippen molar-refractivity contribution in [1.29, 1.82) is 0 Å². The van der Waals surface area contributed by atoms with Gasteiger partial charge in [-0.1, -0.05) is 119 Å². The van der Waals surface area contributed by atoms with Gasteiger partial charge in [-0.2, -0.15) is 0 Å². The molecule has 37 heavy (non-hydrogen) atoms. The van der Waals surface area contributed by atoms with Crippen molar-refractivity contribution in [3.05, 3.63) is 119 Å². The molecule has 0 saturated carbocycles. The van der Waals surface area contributed by atoms with Crippen LogP contribution in [0, 0.1) is 27.7 Å². The summed E-state index contributed by atoms with van der Waals surface area (Å²) in [7, 11) is -5.73. The summed E-state index contributed by atoms with van der Waals surface area (Å²) in [5.41, 5.74) is 4.55. The van der Waals surface area contributed by atoms with Gasteiger partial charge < -0.3 is 13.9 Å². The first-order valence-corrected chi connectivity index (χ1v) is 16.5. The van der Waals surface area contributed by atoms with Gasteiger partial charge in [0.05, 0.1) is 13.2 Å². The van der Waals surface area contributed by atoms with Crippen LogP contribution < -0.4 is 21.2 Å². The number of rotatable bonds is 10. The van der Waals surface area contributed by atoms with Crippen molar-refractivity contribution in [3.63, 3.8) is 0 Å². The van der Waals surface area contributed by atoms with E-state index < -0.39 is 14.3 Å². The van der Waals surface area contributed by atoms with Crippen molar-refractivity contribution in [2.75, 3.05) is 25.5 Å². The Bertz CT molecular complexity index is 1200. The molecule has 0 atom stereocenters. The molecule has 0 saturated heterocycles. The summed E-state index contributed by atoms with van der Waals surface area (Å²) in [6, 6.07) is 31.9. The van der Waals surface area contributed by atoms with Crippen LogP contribution in [0.15, 0.2) is 97.1 Å². The van der Waals surface area contributed by atoms with Gasteiger partial charge in [0.15, 0.2) is 0 Å². The molecule has 0 amide bonds. The van der Waals surface area contributed by atoms with Crippen LogP contribution in [0.5, 0.6) is 0 Å². The van der Waals surface area contributed by atoms with Crippen molar-refractivity contribution in [2.45, 2.75) is 27.7 Å². The monoisotopic (exact) mass is 530 g/mol. The molecule has 0 heterocycles. The van der Waals surface area contributed by atoms with Crippen LogP contribution in [0.25, 0.3) is 0 Å². The highest BCUT2D eigenvalue weighted by molar-refractivity contribution is 7.79. The number of aryl methyl sites for hydroxylation is 4. The number of benzene rings is 4. The van der Waals surface area contributed by atoms with E-state index in [2.05, 4.69) is 0 Å². The molecule has 3 nitrogen and oxygen atoms in total. The molecule has 4 rings (SSSR count). The lowest BCUT2D eigenvalue weighted by Gasteiger charge is -2.22. The minimum atomic E-state index is -2.87. The number of hydrogen-bond acceptors (Lipinski definition) is 3. The van der Waals surface area contributed by atoms with Gasteiger partial charge in [0.2, 0.25) is 0 Å². The zero-order valence-electron chi connectivity index (χ0n) is 22.2. The summed E-state index contributed by atoms with van der Waals surface area (Å²) in [5, 5.41) is 3.37. The Morgan fingerprint density at radius 2 is 0.649 bits per heavy atom. The molecule has 0 aromatic heterocycles. The van der Waals surface area contributed by atoms with Crippen LogP contribution in [0.3, 0.4) is 0 Å². The Morgan fingerprint density at radius 3 is 0.865 bits per heavy atom. The Balaban J connectivity index is 1.50. The molecule has 0 N–H and O–H groups in total. The van der Waals surface area contributed by atoms with Crippen LogP contribution in [0.2, 0.25) is 0 Å². The van der Waals surface area contributed by atoms with Crippen LogP contribution in [-0.4, -0.2) is 25.5 Å². The fourth-order valence-corrected chi connectivity index (χ4v) is 9.37. The van der Waals surface area contributed by atoms with E-state index in [1.54, 1.807) is 0 Å². The van der Waals surface area contributed by atoms with E-state index in [9.17, 15) is 9.13 Å². The van der Waals surface area contributed by atoms with E-state index in [-0.39, 0.29) is 0 Å². The molecule has 5 heteroatoms. The van der Waals surface area contributed by atoms with Gasteiger partial charge in [0.1, 0.15) is 14.3 Å². The average Bonchev–Trinajstić information content (AvgIpc) is 2.89. The lowest BCUT2D eigenvalue weighted by atomic mass is 10.2. The topological polar surface area (TPSA) is 43.4 Å². The first-order chi connectivity index (χ1) is 17.7. The number of ether oxygens (including phenoxy) is 1. The highest BCUT2D eigenvalue weighted by atomic mass is 31.2. The smallest absolute Gasteiger partial charge is 0.145 e. The highest BCUT2D eigenvalue weighted by Gasteiger charge is 2.29. The molecule has 4 aromatic carbocycles. The van der Waals surface area contributed by atoms with Crippen LogP contribution in [0.1, 0.15) is 22.3 Å². The molecule has 0 aliphatic carbocycles. The predicted octanol–water partition coefficient (Wildman–Crippen LogP) is 6.26. The van der Waals surface area contributed by atoms with E-state index in [4.69, 9.17) is 4.74 Å². The van der Waals surface area contributed by atoms with Gasteiger partial charge in [-0.3, -0.25) is 0 Å². The maximum atomic E-state index is 14.4. The van der Waals surface area contributed by atoms with Gasteiger partial charge in [0, 0.05) is 33.5 Å². The quantitative estimate of drug-likeness (QED) is 0.179. The third-order valence-corrected chi connectivity index (χ3v) is 13.1. The van der Waals surface area contributed by atoms with E-state index in [0.717, 1.165) is 43.5 Å². The Labute approximate surface area is 221 Å². The minimum Gasteiger partial charge on any atom is -0.380 e. The second-order valence-corrected chi connectivity index (χ2v) is 15.8. The van der Waals surface area contributed by atoms with Gasteiger partial charge in [-0.25, -0.2) is 0 Å². The lowest BCUT2D eigenvalue weighted by molar-refractivity contribution is 0.165. The van der Waals surface area contributed by atoms with Crippen LogP contribution >= 0.6 is 14.3 Å². The van der Waals surface area contributed by atoms with Gasteiger partial charge in [0.25, 0.3) is 0 Å².